The van der Waals surface area contributed by atoms with Crippen LogP contribution in [0, 0.1) is 3.57 Å². The van der Waals surface area contributed by atoms with E-state index in [-0.39, 0.29) is 12.3 Å². The van der Waals surface area contributed by atoms with Gasteiger partial charge in [-0.15, -0.1) is 0 Å². The highest BCUT2D eigenvalue weighted by Gasteiger charge is 2.21. The first-order valence-corrected chi connectivity index (χ1v) is 6.80. The van der Waals surface area contributed by atoms with Crippen LogP contribution in [0.4, 0.5) is 8.78 Å². The molecule has 0 radical (unpaired) electrons. The molecule has 0 N–H and O–H groups in total. The summed E-state index contributed by atoms with van der Waals surface area (Å²) in [5.74, 6) is -0.499. The number of benzene rings is 1. The lowest BCUT2D eigenvalue weighted by molar-refractivity contribution is 0.0462. The number of aryl methyl sites for hydroxylation is 1. The third-order valence-electron chi connectivity index (χ3n) is 2.68. The summed E-state index contributed by atoms with van der Waals surface area (Å²) >= 11 is 1.78. The Balaban J connectivity index is 2.10. The van der Waals surface area contributed by atoms with E-state index in [4.69, 9.17) is 4.74 Å². The van der Waals surface area contributed by atoms with Crippen LogP contribution in [0.25, 0.3) is 0 Å². The molecule has 0 aliphatic rings. The van der Waals surface area contributed by atoms with Gasteiger partial charge in [0.25, 0.3) is 6.43 Å². The lowest BCUT2D eigenvalue weighted by Crippen LogP contribution is -2.08. The van der Waals surface area contributed by atoms with Crippen LogP contribution in [0.2, 0.25) is 0 Å². The van der Waals surface area contributed by atoms with Crippen molar-refractivity contribution in [2.75, 3.05) is 0 Å². The number of ether oxygens (including phenoxy) is 1. The van der Waals surface area contributed by atoms with Gasteiger partial charge in [0.15, 0.2) is 0 Å². The predicted molar refractivity (Wildman–Crippen MR) is 76.4 cm³/mol. The second-order valence-electron chi connectivity index (χ2n) is 4.01. The first-order valence-electron chi connectivity index (χ1n) is 5.72. The molecule has 4 nitrogen and oxygen atoms in total. The highest BCUT2D eigenvalue weighted by molar-refractivity contribution is 14.1. The van der Waals surface area contributed by atoms with Crippen LogP contribution in [-0.2, 0) is 18.4 Å². The topological polar surface area (TPSA) is 44.1 Å². The van der Waals surface area contributed by atoms with Gasteiger partial charge in [-0.05, 0) is 34.7 Å². The summed E-state index contributed by atoms with van der Waals surface area (Å²) in [7, 11) is 1.54. The van der Waals surface area contributed by atoms with E-state index in [1.54, 1.807) is 60.0 Å². The maximum Gasteiger partial charge on any atom is 0.338 e. The molecule has 2 rings (SSSR count). The van der Waals surface area contributed by atoms with Crippen LogP contribution in [0.5, 0.6) is 0 Å². The SMILES string of the molecule is Cn1nc(C(F)F)c(I)c1COC(=O)c1ccccc1. The number of aromatic nitrogens is 2. The third-order valence-corrected chi connectivity index (χ3v) is 3.86. The van der Waals surface area contributed by atoms with Gasteiger partial charge in [0, 0.05) is 7.05 Å². The highest BCUT2D eigenvalue weighted by atomic mass is 127. The maximum absolute atomic E-state index is 12.7. The van der Waals surface area contributed by atoms with Crippen molar-refractivity contribution >= 4 is 28.6 Å². The Morgan fingerprint density at radius 2 is 2.05 bits per heavy atom. The molecule has 0 unspecified atom stereocenters. The van der Waals surface area contributed by atoms with Gasteiger partial charge in [0.2, 0.25) is 0 Å². The largest absolute Gasteiger partial charge is 0.456 e. The molecule has 0 spiro atoms. The maximum atomic E-state index is 12.7. The quantitative estimate of drug-likeness (QED) is 0.593. The molecule has 20 heavy (non-hydrogen) atoms. The molecule has 0 saturated carbocycles. The molecule has 0 amide bonds. The zero-order chi connectivity index (χ0) is 14.7. The smallest absolute Gasteiger partial charge is 0.338 e. The van der Waals surface area contributed by atoms with Crippen molar-refractivity contribution in [3.63, 3.8) is 0 Å². The average Bonchev–Trinajstić information content (AvgIpc) is 2.72. The summed E-state index contributed by atoms with van der Waals surface area (Å²) in [5.41, 5.74) is 0.572. The van der Waals surface area contributed by atoms with Crippen LogP contribution in [0.1, 0.15) is 28.2 Å². The molecule has 0 aliphatic carbocycles. The fourth-order valence-electron chi connectivity index (χ4n) is 1.64. The number of hydrogen-bond donors (Lipinski definition) is 0. The fourth-order valence-corrected chi connectivity index (χ4v) is 2.49. The van der Waals surface area contributed by atoms with Crippen LogP contribution >= 0.6 is 22.6 Å². The van der Waals surface area contributed by atoms with Gasteiger partial charge in [-0.1, -0.05) is 18.2 Å². The second-order valence-corrected chi connectivity index (χ2v) is 5.09. The summed E-state index contributed by atoms with van der Waals surface area (Å²) in [6, 6.07) is 8.48. The molecule has 1 aromatic carbocycles. The summed E-state index contributed by atoms with van der Waals surface area (Å²) in [4.78, 5) is 11.8. The van der Waals surface area contributed by atoms with E-state index in [0.29, 0.717) is 14.8 Å². The highest BCUT2D eigenvalue weighted by Crippen LogP contribution is 2.26. The summed E-state index contributed by atoms with van der Waals surface area (Å²) in [6.07, 6.45) is -2.65. The first kappa shape index (κ1) is 14.9. The van der Waals surface area contributed by atoms with Crippen LogP contribution < -0.4 is 0 Å². The van der Waals surface area contributed by atoms with Crippen molar-refractivity contribution in [1.29, 1.82) is 0 Å². The van der Waals surface area contributed by atoms with E-state index in [1.807, 2.05) is 0 Å². The van der Waals surface area contributed by atoms with Gasteiger partial charge in [0.05, 0.1) is 14.8 Å². The van der Waals surface area contributed by atoms with Gasteiger partial charge in [-0.25, -0.2) is 13.6 Å². The minimum absolute atomic E-state index is 0.0950. The van der Waals surface area contributed by atoms with Crippen molar-refractivity contribution in [2.24, 2.45) is 7.05 Å². The van der Waals surface area contributed by atoms with Crippen LogP contribution in [-0.4, -0.2) is 15.7 Å². The number of carbonyl (C=O) groups excluding carboxylic acids is 1. The molecule has 1 aromatic heterocycles. The number of hydrogen-bond acceptors (Lipinski definition) is 3. The van der Waals surface area contributed by atoms with Gasteiger partial charge >= 0.3 is 5.97 Å². The van der Waals surface area contributed by atoms with Gasteiger partial charge in [-0.2, -0.15) is 5.10 Å². The van der Waals surface area contributed by atoms with Crippen molar-refractivity contribution in [2.45, 2.75) is 13.0 Å². The number of carbonyl (C=O) groups is 1. The average molecular weight is 392 g/mol. The number of nitrogens with zero attached hydrogens (tertiary/aromatic N) is 2. The Kier molecular flexibility index (Phi) is 4.69. The lowest BCUT2D eigenvalue weighted by Gasteiger charge is -2.05. The van der Waals surface area contributed by atoms with Crippen molar-refractivity contribution in [3.8, 4) is 0 Å². The Bertz CT molecular complexity index is 614. The molecule has 0 saturated heterocycles. The molecule has 0 atom stereocenters. The van der Waals surface area contributed by atoms with E-state index < -0.39 is 12.4 Å². The summed E-state index contributed by atoms with van der Waals surface area (Å²) in [6.45, 7) is -0.0950. The van der Waals surface area contributed by atoms with E-state index in [2.05, 4.69) is 5.10 Å². The van der Waals surface area contributed by atoms with E-state index in [1.165, 1.54) is 4.68 Å². The monoisotopic (exact) mass is 392 g/mol. The molecule has 106 valence electrons. The van der Waals surface area contributed by atoms with E-state index >= 15 is 0 Å². The Morgan fingerprint density at radius 1 is 1.40 bits per heavy atom. The van der Waals surface area contributed by atoms with Crippen LogP contribution in [0.15, 0.2) is 30.3 Å². The summed E-state index contributed by atoms with van der Waals surface area (Å²) < 4.78 is 32.1. The third kappa shape index (κ3) is 3.14. The Hall–Kier alpha value is -1.51. The molecular formula is C13H11F2IN2O2. The predicted octanol–water partition coefficient (Wildman–Crippen LogP) is 3.32. The molecule has 0 bridgehead atoms. The summed E-state index contributed by atoms with van der Waals surface area (Å²) in [5, 5.41) is 3.73. The van der Waals surface area contributed by atoms with Crippen LogP contribution in [0.3, 0.4) is 0 Å². The standard InChI is InChI=1S/C13H11F2IN2O2/c1-18-9(10(16)11(17-18)12(14)15)7-20-13(19)8-5-3-2-4-6-8/h2-6,12H,7H2,1H3. The van der Waals surface area contributed by atoms with Crippen molar-refractivity contribution < 1.29 is 18.3 Å². The van der Waals surface area contributed by atoms with Crippen molar-refractivity contribution in [1.82, 2.24) is 9.78 Å². The second kappa shape index (κ2) is 6.29. The number of halogens is 3. The lowest BCUT2D eigenvalue weighted by atomic mass is 10.2. The van der Waals surface area contributed by atoms with Crippen molar-refractivity contribution in [3.05, 3.63) is 50.9 Å². The molecule has 2 aromatic rings. The minimum Gasteiger partial charge on any atom is -0.456 e. The molecule has 0 fully saturated rings. The molecule has 7 heteroatoms. The molecular weight excluding hydrogens is 381 g/mol. The zero-order valence-corrected chi connectivity index (χ0v) is 12.7. The molecule has 1 heterocycles. The first-order chi connectivity index (χ1) is 9.50. The fraction of sp³-hybridized carbons (Fsp3) is 0.231. The van der Waals surface area contributed by atoms with Gasteiger partial charge in [-0.3, -0.25) is 4.68 Å². The van der Waals surface area contributed by atoms with Gasteiger partial charge in [0.1, 0.15) is 12.3 Å². The normalized spacial score (nSPS) is 10.8. The minimum atomic E-state index is -2.65. The zero-order valence-electron chi connectivity index (χ0n) is 10.5. The van der Waals surface area contributed by atoms with Gasteiger partial charge < -0.3 is 4.74 Å². The number of esters is 1. The van der Waals surface area contributed by atoms with E-state index in [9.17, 15) is 13.6 Å². The van der Waals surface area contributed by atoms with E-state index in [0.717, 1.165) is 0 Å². The number of alkyl halides is 2. The Morgan fingerprint density at radius 3 is 2.60 bits per heavy atom. The Labute approximate surface area is 127 Å². The number of rotatable bonds is 4. The molecule has 0 aliphatic heterocycles.